The van der Waals surface area contributed by atoms with Gasteiger partial charge in [0.25, 0.3) is 0 Å². The van der Waals surface area contributed by atoms with Crippen molar-refractivity contribution in [2.45, 2.75) is 25.1 Å². The number of alkyl halides is 3. The molecule has 1 aromatic carbocycles. The van der Waals surface area contributed by atoms with Gasteiger partial charge in [-0.1, -0.05) is 0 Å². The van der Waals surface area contributed by atoms with Crippen LogP contribution in [0.15, 0.2) is 30.3 Å². The Morgan fingerprint density at radius 3 is 2.25 bits per heavy atom. The lowest BCUT2D eigenvalue weighted by Crippen LogP contribution is -2.40. The van der Waals surface area contributed by atoms with Crippen molar-refractivity contribution < 1.29 is 17.6 Å². The van der Waals surface area contributed by atoms with Crippen LogP contribution in [-0.4, -0.2) is 29.1 Å². The van der Waals surface area contributed by atoms with Gasteiger partial charge < -0.3 is 10.6 Å². The van der Waals surface area contributed by atoms with Gasteiger partial charge in [-0.2, -0.15) is 13.2 Å². The number of benzene rings is 1. The van der Waals surface area contributed by atoms with Gasteiger partial charge in [-0.25, -0.2) is 14.4 Å². The van der Waals surface area contributed by atoms with E-state index in [1.54, 1.807) is 4.90 Å². The predicted octanol–water partition coefficient (Wildman–Crippen LogP) is 3.23. The van der Waals surface area contributed by atoms with Gasteiger partial charge in [0, 0.05) is 24.7 Å². The maximum atomic E-state index is 13.2. The lowest BCUT2D eigenvalue weighted by Gasteiger charge is -2.30. The van der Waals surface area contributed by atoms with E-state index in [0.717, 1.165) is 6.07 Å². The third-order valence-electron chi connectivity index (χ3n) is 3.97. The maximum absolute atomic E-state index is 13.2. The predicted molar refractivity (Wildman–Crippen MR) is 81.9 cm³/mol. The number of anilines is 1. The zero-order valence-corrected chi connectivity index (χ0v) is 12.7. The number of nitrogens with zero attached hydrogens (tertiary/aromatic N) is 3. The first-order chi connectivity index (χ1) is 11.3. The van der Waals surface area contributed by atoms with E-state index in [1.807, 2.05) is 0 Å². The first-order valence-corrected chi connectivity index (χ1v) is 7.55. The zero-order valence-electron chi connectivity index (χ0n) is 12.7. The molecule has 24 heavy (non-hydrogen) atoms. The number of halogens is 4. The summed E-state index contributed by atoms with van der Waals surface area (Å²) in [5.41, 5.74) is 5.33. The normalized spacial score (nSPS) is 16.5. The number of nitrogens with two attached hydrogens (primary N) is 1. The summed E-state index contributed by atoms with van der Waals surface area (Å²) in [6.45, 7) is 1.01. The molecular formula is C16H16F4N4. The minimum atomic E-state index is -4.58. The van der Waals surface area contributed by atoms with Crippen LogP contribution in [0.2, 0.25) is 0 Å². The Labute approximate surface area is 136 Å². The Bertz CT molecular complexity index is 707. The van der Waals surface area contributed by atoms with Gasteiger partial charge in [0.1, 0.15) is 5.82 Å². The van der Waals surface area contributed by atoms with Gasteiger partial charge in [0.15, 0.2) is 5.69 Å². The summed E-state index contributed by atoms with van der Waals surface area (Å²) >= 11 is 0. The Morgan fingerprint density at radius 2 is 1.67 bits per heavy atom. The molecule has 1 saturated heterocycles. The molecule has 2 aromatic rings. The van der Waals surface area contributed by atoms with E-state index < -0.39 is 17.7 Å². The van der Waals surface area contributed by atoms with E-state index in [4.69, 9.17) is 5.73 Å². The van der Waals surface area contributed by atoms with Crippen molar-refractivity contribution in [1.29, 1.82) is 0 Å². The number of piperidine rings is 1. The van der Waals surface area contributed by atoms with Crippen LogP contribution in [0.25, 0.3) is 11.3 Å². The molecule has 1 aromatic heterocycles. The number of hydrogen-bond donors (Lipinski definition) is 1. The largest absolute Gasteiger partial charge is 0.433 e. The number of rotatable bonds is 2. The first kappa shape index (κ1) is 16.6. The molecule has 0 bridgehead atoms. The fraction of sp³-hybridized carbons (Fsp3) is 0.375. The average molecular weight is 340 g/mol. The summed E-state index contributed by atoms with van der Waals surface area (Å²) in [4.78, 5) is 9.62. The molecule has 0 atom stereocenters. The van der Waals surface area contributed by atoms with Crippen molar-refractivity contribution >= 4 is 5.95 Å². The van der Waals surface area contributed by atoms with Crippen LogP contribution in [0.4, 0.5) is 23.5 Å². The molecule has 2 N–H and O–H groups in total. The summed E-state index contributed by atoms with van der Waals surface area (Å²) in [6.07, 6.45) is -3.24. The standard InChI is InChI=1S/C16H16F4N4/c17-11-3-1-10(2-4-11)13-9-14(16(18,19)20)23-15(22-13)24-7-5-12(21)6-8-24/h1-4,9,12H,5-8,21H2. The summed E-state index contributed by atoms with van der Waals surface area (Å²) in [5.74, 6) is -0.440. The van der Waals surface area contributed by atoms with E-state index >= 15 is 0 Å². The van der Waals surface area contributed by atoms with E-state index in [0.29, 0.717) is 31.5 Å². The third kappa shape index (κ3) is 3.64. The van der Waals surface area contributed by atoms with Gasteiger partial charge in [-0.3, -0.25) is 0 Å². The third-order valence-corrected chi connectivity index (χ3v) is 3.97. The molecule has 128 valence electrons. The fourth-order valence-corrected chi connectivity index (χ4v) is 2.59. The second-order valence-corrected chi connectivity index (χ2v) is 5.77. The van der Waals surface area contributed by atoms with Gasteiger partial charge >= 0.3 is 6.18 Å². The van der Waals surface area contributed by atoms with E-state index in [-0.39, 0.29) is 17.7 Å². The molecule has 4 nitrogen and oxygen atoms in total. The van der Waals surface area contributed by atoms with Crippen molar-refractivity contribution in [1.82, 2.24) is 9.97 Å². The summed E-state index contributed by atoms with van der Waals surface area (Å²) in [5, 5.41) is 0. The number of hydrogen-bond acceptors (Lipinski definition) is 4. The second kappa shape index (κ2) is 6.35. The van der Waals surface area contributed by atoms with Crippen LogP contribution in [0.1, 0.15) is 18.5 Å². The molecule has 2 heterocycles. The lowest BCUT2D eigenvalue weighted by molar-refractivity contribution is -0.141. The molecule has 1 aliphatic rings. The highest BCUT2D eigenvalue weighted by atomic mass is 19.4. The second-order valence-electron chi connectivity index (χ2n) is 5.77. The van der Waals surface area contributed by atoms with Crippen LogP contribution in [0.5, 0.6) is 0 Å². The molecule has 0 aliphatic carbocycles. The van der Waals surface area contributed by atoms with Crippen molar-refractivity contribution in [3.63, 3.8) is 0 Å². The quantitative estimate of drug-likeness (QED) is 0.853. The molecular weight excluding hydrogens is 324 g/mol. The molecule has 0 amide bonds. The average Bonchev–Trinajstić information content (AvgIpc) is 2.55. The molecule has 0 saturated carbocycles. The highest BCUT2D eigenvalue weighted by Gasteiger charge is 2.34. The molecule has 8 heteroatoms. The topological polar surface area (TPSA) is 55.0 Å². The van der Waals surface area contributed by atoms with Crippen LogP contribution >= 0.6 is 0 Å². The number of aromatic nitrogens is 2. The van der Waals surface area contributed by atoms with E-state index in [9.17, 15) is 17.6 Å². The fourth-order valence-electron chi connectivity index (χ4n) is 2.59. The minimum absolute atomic E-state index is 0.0241. The molecule has 1 fully saturated rings. The van der Waals surface area contributed by atoms with Gasteiger partial charge in [-0.05, 0) is 43.2 Å². The zero-order chi connectivity index (χ0) is 17.3. The van der Waals surface area contributed by atoms with Crippen molar-refractivity contribution in [2.75, 3.05) is 18.0 Å². The SMILES string of the molecule is NC1CCN(c2nc(-c3ccc(F)cc3)cc(C(F)(F)F)n2)CC1. The van der Waals surface area contributed by atoms with Crippen molar-refractivity contribution in [3.05, 3.63) is 41.8 Å². The van der Waals surface area contributed by atoms with Crippen LogP contribution in [-0.2, 0) is 6.18 Å². The Hall–Kier alpha value is -2.22. The van der Waals surface area contributed by atoms with E-state index in [1.165, 1.54) is 24.3 Å². The van der Waals surface area contributed by atoms with Crippen LogP contribution in [0, 0.1) is 5.82 Å². The van der Waals surface area contributed by atoms with E-state index in [2.05, 4.69) is 9.97 Å². The summed E-state index contributed by atoms with van der Waals surface area (Å²) in [7, 11) is 0. The lowest BCUT2D eigenvalue weighted by atomic mass is 10.1. The molecule has 1 aliphatic heterocycles. The Kier molecular flexibility index (Phi) is 4.40. The van der Waals surface area contributed by atoms with Crippen LogP contribution in [0.3, 0.4) is 0 Å². The van der Waals surface area contributed by atoms with Crippen LogP contribution < -0.4 is 10.6 Å². The minimum Gasteiger partial charge on any atom is -0.341 e. The Balaban J connectivity index is 2.02. The highest BCUT2D eigenvalue weighted by molar-refractivity contribution is 5.61. The maximum Gasteiger partial charge on any atom is 0.433 e. The summed E-state index contributed by atoms with van der Waals surface area (Å²) in [6, 6.07) is 6.09. The van der Waals surface area contributed by atoms with Gasteiger partial charge in [0.05, 0.1) is 5.69 Å². The molecule has 0 radical (unpaired) electrons. The molecule has 0 unspecified atom stereocenters. The van der Waals surface area contributed by atoms with Crippen molar-refractivity contribution in [3.8, 4) is 11.3 Å². The molecule has 0 spiro atoms. The van der Waals surface area contributed by atoms with Gasteiger partial charge in [-0.15, -0.1) is 0 Å². The summed E-state index contributed by atoms with van der Waals surface area (Å²) < 4.78 is 52.5. The van der Waals surface area contributed by atoms with Gasteiger partial charge in [0.2, 0.25) is 5.95 Å². The van der Waals surface area contributed by atoms with Crippen molar-refractivity contribution in [2.24, 2.45) is 5.73 Å². The highest BCUT2D eigenvalue weighted by Crippen LogP contribution is 2.32. The Morgan fingerprint density at radius 1 is 1.04 bits per heavy atom. The monoisotopic (exact) mass is 340 g/mol. The first-order valence-electron chi connectivity index (χ1n) is 7.55. The smallest absolute Gasteiger partial charge is 0.341 e. The molecule has 3 rings (SSSR count).